The van der Waals surface area contributed by atoms with E-state index >= 15 is 9.59 Å². The molecule has 3 heterocycles. The van der Waals surface area contributed by atoms with E-state index in [-0.39, 0.29) is 94.4 Å². The van der Waals surface area contributed by atoms with E-state index in [1.54, 1.807) is 68.6 Å². The number of thiol groups is 2. The number of H-pyrrole nitrogens is 2. The number of guanidine groups is 2. The lowest BCUT2D eigenvalue weighted by Crippen LogP contribution is -2.62. The van der Waals surface area contributed by atoms with E-state index in [1.807, 2.05) is 0 Å². The molecule has 1 fully saturated rings. The molecule has 42 heteroatoms. The van der Waals surface area contributed by atoms with E-state index in [4.69, 9.17) is 33.8 Å². The summed E-state index contributed by atoms with van der Waals surface area (Å²) in [5.41, 5.74) is 24.5. The van der Waals surface area contributed by atoms with Gasteiger partial charge in [-0.1, -0.05) is 62.4 Å². The molecule has 116 heavy (non-hydrogen) atoms. The quantitative estimate of drug-likeness (QED) is 0.00754. The number of aliphatic carboxylic acids is 1. The van der Waals surface area contributed by atoms with Gasteiger partial charge in [-0.15, -0.1) is 0 Å². The Kier molecular flexibility index (Phi) is 36.4. The fourth-order valence-electron chi connectivity index (χ4n) is 12.8. The van der Waals surface area contributed by atoms with Crippen molar-refractivity contribution in [2.24, 2.45) is 28.9 Å². The molecule has 1 saturated heterocycles. The monoisotopic (exact) mass is 1650 g/mol. The number of hydrogen-bond donors (Lipinski definition) is 26. The average Bonchev–Trinajstić information content (AvgIpc) is 1.66. The maximum Gasteiger partial charge on any atom is 0.305 e. The van der Waals surface area contributed by atoms with Crippen LogP contribution >= 0.6 is 25.3 Å². The van der Waals surface area contributed by atoms with E-state index in [9.17, 15) is 77.6 Å². The number of carbonyl (C=O) groups excluding carboxylic acids is 14. The van der Waals surface area contributed by atoms with Crippen molar-refractivity contribution in [3.63, 3.8) is 0 Å². The fourth-order valence-corrected chi connectivity index (χ4v) is 13.4. The molecule has 0 saturated carbocycles. The summed E-state index contributed by atoms with van der Waals surface area (Å²) in [7, 11) is 0. The zero-order valence-corrected chi connectivity index (χ0v) is 65.9. The molecule has 630 valence electrons. The number of likely N-dealkylation sites (tertiary alicyclic amines) is 1. The summed E-state index contributed by atoms with van der Waals surface area (Å²) in [6.07, 6.45) is 0.406. The number of phenols is 1. The summed E-state index contributed by atoms with van der Waals surface area (Å²) in [6.45, 7) is 3.84. The number of nitrogens with one attached hydrogen (secondary N) is 17. The number of aliphatic hydroxyl groups is 1. The van der Waals surface area contributed by atoms with Gasteiger partial charge in [-0.3, -0.25) is 82.7 Å². The molecule has 0 unspecified atom stereocenters. The number of aromatic hydroxyl groups is 1. The van der Waals surface area contributed by atoms with E-state index in [1.165, 1.54) is 35.4 Å². The third-order valence-corrected chi connectivity index (χ3v) is 19.5. The molecule has 40 nitrogen and oxygen atoms in total. The van der Waals surface area contributed by atoms with Crippen LogP contribution in [0, 0.1) is 16.7 Å². The van der Waals surface area contributed by atoms with Crippen molar-refractivity contribution in [1.82, 2.24) is 84.0 Å². The molecule has 6 rings (SSSR count). The first-order chi connectivity index (χ1) is 55.1. The number of carbonyl (C=O) groups is 15. The van der Waals surface area contributed by atoms with E-state index in [2.05, 4.69) is 104 Å². The zero-order valence-electron chi connectivity index (χ0n) is 64.1. The minimum absolute atomic E-state index is 0.0158. The van der Waals surface area contributed by atoms with Crippen LogP contribution in [0.15, 0.2) is 85.2 Å². The van der Waals surface area contributed by atoms with Gasteiger partial charge in [0.15, 0.2) is 11.9 Å². The molecule has 2 aromatic heterocycles. The Morgan fingerprint density at radius 3 is 1.37 bits per heavy atom. The smallest absolute Gasteiger partial charge is 0.305 e. The van der Waals surface area contributed by atoms with Crippen molar-refractivity contribution in [2.75, 3.05) is 37.7 Å². The van der Waals surface area contributed by atoms with Crippen molar-refractivity contribution in [1.29, 1.82) is 10.8 Å². The lowest BCUT2D eigenvalue weighted by atomic mass is 9.99. The highest BCUT2D eigenvalue weighted by Crippen LogP contribution is 2.24. The number of carboxylic acids is 1. The van der Waals surface area contributed by atoms with Crippen LogP contribution in [0.1, 0.15) is 102 Å². The highest BCUT2D eigenvalue weighted by atomic mass is 32.1. The minimum atomic E-state index is -1.99. The largest absolute Gasteiger partial charge is 0.508 e. The van der Waals surface area contributed by atoms with Crippen molar-refractivity contribution >= 4 is 148 Å². The number of fused-ring (bicyclic) bond motifs is 2. The Balaban J connectivity index is 1.28. The number of aromatic nitrogens is 2. The van der Waals surface area contributed by atoms with E-state index in [0.717, 1.165) is 6.92 Å². The first-order valence-corrected chi connectivity index (χ1v) is 38.6. The number of amides is 14. The second-order valence-corrected chi connectivity index (χ2v) is 28.9. The Hall–Kier alpha value is -12.2. The number of nitrogens with two attached hydrogens (primary N) is 4. The summed E-state index contributed by atoms with van der Waals surface area (Å²) in [5.74, 6) is -17.3. The van der Waals surface area contributed by atoms with Crippen LogP contribution in [0.5, 0.6) is 5.75 Å². The van der Waals surface area contributed by atoms with E-state index in [0.29, 0.717) is 44.9 Å². The first kappa shape index (κ1) is 92.7. The molecule has 12 atom stereocenters. The molecule has 3 aromatic carbocycles. The normalized spacial score (nSPS) is 15.3. The molecule has 0 spiro atoms. The van der Waals surface area contributed by atoms with Crippen molar-refractivity contribution in [3.05, 3.63) is 102 Å². The number of aliphatic hydroxyl groups excluding tert-OH is 1. The van der Waals surface area contributed by atoms with Crippen molar-refractivity contribution < 1.29 is 87.2 Å². The van der Waals surface area contributed by atoms with Gasteiger partial charge < -0.3 is 122 Å². The number of benzene rings is 3. The van der Waals surface area contributed by atoms with Crippen molar-refractivity contribution in [3.8, 4) is 5.75 Å². The number of hydrogen-bond acceptors (Lipinski definition) is 21. The highest BCUT2D eigenvalue weighted by molar-refractivity contribution is 7.80. The topological polar surface area (TPSA) is 660 Å². The van der Waals surface area contributed by atoms with Gasteiger partial charge in [-0.25, -0.2) is 0 Å². The lowest BCUT2D eigenvalue weighted by molar-refractivity contribution is -0.141. The summed E-state index contributed by atoms with van der Waals surface area (Å²) in [4.78, 5) is 216. The molecule has 0 bridgehead atoms. The van der Waals surface area contributed by atoms with Crippen molar-refractivity contribution in [2.45, 2.75) is 177 Å². The van der Waals surface area contributed by atoms with Crippen LogP contribution in [-0.2, 0) is 91.2 Å². The zero-order chi connectivity index (χ0) is 85.5. The van der Waals surface area contributed by atoms with Gasteiger partial charge in [0.05, 0.1) is 13.0 Å². The Morgan fingerprint density at radius 1 is 0.509 bits per heavy atom. The number of aromatic amines is 2. The molecule has 1 aliphatic heterocycles. The van der Waals surface area contributed by atoms with Crippen LogP contribution < -0.4 is 92.1 Å². The fraction of sp³-hybridized carbons (Fsp3) is 0.473. The SMILES string of the molecule is CC(=O)N[C@@H](CS)C(=O)N[C@@H](CCCNC(=N)N)C(=O)N[C@@H](CC(=O)O)C(=O)N[C@@H](Cc1c[nH]c2ccccc12)C(=O)N[C@@H](CCC(N)=O)C(=O)N[C@@H](CS)C(=O)N[C@@H](Cc1ccc(O)cc1)C(=O)N[C@@H](Cc1c[nH]c2ccccc12)C(=O)N[C@@H](CC(C)C)C(=O)N[C@@H](CO)C(=O)N[C@@H](CCCNC(=N)N)C(=O)N1CCC[C@H]1C(N)=O. The Morgan fingerprint density at radius 2 is 0.905 bits per heavy atom. The van der Waals surface area contributed by atoms with Gasteiger partial charge in [0.2, 0.25) is 82.7 Å². The molecular weight excluding hydrogens is 1550 g/mol. The predicted octanol–water partition coefficient (Wildman–Crippen LogP) is -4.62. The first-order valence-electron chi connectivity index (χ1n) is 37.4. The third-order valence-electron chi connectivity index (χ3n) is 18.7. The second kappa shape index (κ2) is 45.6. The number of phenolic OH excluding ortho intramolecular Hbond substituents is 1. The standard InChI is InChI=1S/C74H104N22O18S2/c1-37(2)27-50(64(106)94-55(34-97)69(111)88-49(16-9-25-82-74(79)80)72(114)96-26-10-17-58(96)61(76)103)89-67(109)53(30-41-33-84-46-14-7-5-12-44(41)46)91-65(107)51(28-39-18-20-42(99)21-19-39)90-71(113)57(36-116)95-63(105)48(22-23-59(75)100)87-66(108)52(29-40-32-83-45-13-6-4-11-43(40)45)92-68(110)54(31-60(101)102)93-62(104)47(15-8-24-81-73(77)78)86-70(112)56(35-115)85-38(3)98/h4-7,11-14,18-21,32-33,37,47-58,83-84,97,99,115-116H,8-10,15-17,22-31,34-36H2,1-3H3,(H2,75,100)(H2,76,103)(H,85,98)(H,86,112)(H,87,108)(H,88,111)(H,89,109)(H,90,113)(H,91,107)(H,92,110)(H,93,104)(H,94,106)(H,95,105)(H,101,102)(H4,77,78,81)(H4,79,80,82)/t47-,48-,49-,50-,51-,52-,53-,54-,55-,56-,57-,58-/m0/s1. The molecular formula is C74H104N22O18S2. The second-order valence-electron chi connectivity index (χ2n) is 28.2. The predicted molar refractivity (Wildman–Crippen MR) is 430 cm³/mol. The summed E-state index contributed by atoms with van der Waals surface area (Å²) in [6, 6.07) is 0.364. The molecule has 5 aromatic rings. The lowest BCUT2D eigenvalue weighted by Gasteiger charge is -2.30. The van der Waals surface area contributed by atoms with Gasteiger partial charge >= 0.3 is 5.97 Å². The molecule has 0 radical (unpaired) electrons. The van der Waals surface area contributed by atoms with Crippen LogP contribution in [0.2, 0.25) is 0 Å². The van der Waals surface area contributed by atoms with Crippen LogP contribution in [0.3, 0.4) is 0 Å². The van der Waals surface area contributed by atoms with Gasteiger partial charge in [0.1, 0.15) is 78.3 Å². The molecule has 28 N–H and O–H groups in total. The number of primary amides is 2. The maximum atomic E-state index is 15.2. The third kappa shape index (κ3) is 29.0. The van der Waals surface area contributed by atoms with Gasteiger partial charge in [0.25, 0.3) is 0 Å². The summed E-state index contributed by atoms with van der Waals surface area (Å²) < 4.78 is 0. The molecule has 1 aliphatic rings. The molecule has 0 aliphatic carbocycles. The van der Waals surface area contributed by atoms with Crippen LogP contribution in [0.25, 0.3) is 21.8 Å². The van der Waals surface area contributed by atoms with E-state index < -0.39 is 205 Å². The minimum Gasteiger partial charge on any atom is -0.508 e. The van der Waals surface area contributed by atoms with Crippen LogP contribution in [-0.4, -0.2) is 241 Å². The number of carboxylic acid groups (broad SMARTS) is 1. The average molecular weight is 1650 g/mol. The highest BCUT2D eigenvalue weighted by Gasteiger charge is 2.40. The number of para-hydroxylation sites is 2. The van der Waals surface area contributed by atoms with Gasteiger partial charge in [-0.05, 0) is 98.2 Å². The Labute approximate surface area is 677 Å². The van der Waals surface area contributed by atoms with Crippen LogP contribution in [0.4, 0.5) is 0 Å². The summed E-state index contributed by atoms with van der Waals surface area (Å²) >= 11 is 8.49. The Bertz CT molecular complexity index is 4350. The number of rotatable bonds is 47. The summed E-state index contributed by atoms with van der Waals surface area (Å²) in [5, 5.41) is 80.1. The van der Waals surface area contributed by atoms with Gasteiger partial charge in [0, 0.05) is 97.9 Å². The molecule has 14 amide bonds. The maximum absolute atomic E-state index is 15.2. The number of nitrogens with zero attached hydrogens (tertiary/aromatic N) is 1. The van der Waals surface area contributed by atoms with Gasteiger partial charge in [-0.2, -0.15) is 25.3 Å².